The van der Waals surface area contributed by atoms with Gasteiger partial charge in [0.05, 0.1) is 17.4 Å². The van der Waals surface area contributed by atoms with Crippen LogP contribution in [0.15, 0.2) is 48.9 Å². The molecule has 3 aromatic rings. The van der Waals surface area contributed by atoms with Gasteiger partial charge >= 0.3 is 0 Å². The molecule has 0 radical (unpaired) electrons. The highest BCUT2D eigenvalue weighted by molar-refractivity contribution is 5.91. The predicted molar refractivity (Wildman–Crippen MR) is 94.4 cm³/mol. The molecule has 3 heterocycles. The van der Waals surface area contributed by atoms with Gasteiger partial charge in [0.15, 0.2) is 0 Å². The highest BCUT2D eigenvalue weighted by Gasteiger charge is 2.22. The number of anilines is 1. The van der Waals surface area contributed by atoms with E-state index in [0.717, 1.165) is 37.1 Å². The van der Waals surface area contributed by atoms with Gasteiger partial charge in [-0.05, 0) is 19.1 Å². The van der Waals surface area contributed by atoms with Crippen molar-refractivity contribution in [2.75, 3.05) is 18.0 Å². The average Bonchev–Trinajstić information content (AvgIpc) is 2.62. The fourth-order valence-electron chi connectivity index (χ4n) is 3.24. The molecule has 1 aliphatic rings. The van der Waals surface area contributed by atoms with E-state index in [1.54, 1.807) is 12.4 Å². The molecule has 5 nitrogen and oxygen atoms in total. The van der Waals surface area contributed by atoms with Gasteiger partial charge < -0.3 is 9.64 Å². The number of pyridine rings is 1. The molecule has 122 valence electrons. The Kier molecular flexibility index (Phi) is 3.99. The zero-order valence-corrected chi connectivity index (χ0v) is 13.7. The van der Waals surface area contributed by atoms with Gasteiger partial charge in [0, 0.05) is 49.4 Å². The summed E-state index contributed by atoms with van der Waals surface area (Å²) in [5, 5.41) is 1.21. The minimum absolute atomic E-state index is 0.199. The van der Waals surface area contributed by atoms with Crippen molar-refractivity contribution in [2.24, 2.45) is 0 Å². The smallest absolute Gasteiger partial charge is 0.232 e. The summed E-state index contributed by atoms with van der Waals surface area (Å²) in [5.74, 6) is 0.628. The monoisotopic (exact) mass is 320 g/mol. The van der Waals surface area contributed by atoms with Crippen LogP contribution in [0.4, 0.5) is 5.69 Å². The third kappa shape index (κ3) is 3.02. The van der Waals surface area contributed by atoms with Crippen LogP contribution in [-0.2, 0) is 0 Å². The van der Waals surface area contributed by atoms with Crippen LogP contribution in [0.2, 0.25) is 0 Å². The van der Waals surface area contributed by atoms with Gasteiger partial charge in [-0.25, -0.2) is 4.98 Å². The molecule has 0 atom stereocenters. The average molecular weight is 320 g/mol. The topological polar surface area (TPSA) is 51.1 Å². The third-order valence-corrected chi connectivity index (χ3v) is 4.43. The zero-order valence-electron chi connectivity index (χ0n) is 13.7. The van der Waals surface area contributed by atoms with Gasteiger partial charge in [-0.15, -0.1) is 0 Å². The number of rotatable bonds is 3. The summed E-state index contributed by atoms with van der Waals surface area (Å²) < 4.78 is 6.00. The lowest BCUT2D eigenvalue weighted by atomic mass is 10.1. The Balaban J connectivity index is 1.46. The second-order valence-electron chi connectivity index (χ2n) is 6.15. The Morgan fingerprint density at radius 2 is 1.92 bits per heavy atom. The number of aryl methyl sites for hydroxylation is 1. The molecular formula is C19H20N4O. The summed E-state index contributed by atoms with van der Waals surface area (Å²) in [6, 6.07) is 10.4. The molecule has 0 spiro atoms. The quantitative estimate of drug-likeness (QED) is 0.740. The molecule has 1 saturated heterocycles. The third-order valence-electron chi connectivity index (χ3n) is 4.43. The van der Waals surface area contributed by atoms with Crippen molar-refractivity contribution in [2.45, 2.75) is 25.9 Å². The molecule has 24 heavy (non-hydrogen) atoms. The summed E-state index contributed by atoms with van der Waals surface area (Å²) >= 11 is 0. The van der Waals surface area contributed by atoms with Crippen LogP contribution < -0.4 is 9.64 Å². The molecule has 0 unspecified atom stereocenters. The molecule has 1 aliphatic heterocycles. The Bertz CT molecular complexity index is 838. The van der Waals surface area contributed by atoms with Gasteiger partial charge in [0.2, 0.25) is 5.88 Å². The number of hydrogen-bond acceptors (Lipinski definition) is 5. The van der Waals surface area contributed by atoms with E-state index in [-0.39, 0.29) is 6.10 Å². The second kappa shape index (κ2) is 6.43. The molecule has 0 amide bonds. The van der Waals surface area contributed by atoms with Crippen molar-refractivity contribution in [1.29, 1.82) is 0 Å². The van der Waals surface area contributed by atoms with Crippen LogP contribution in [0.1, 0.15) is 18.5 Å². The van der Waals surface area contributed by atoms with E-state index in [0.29, 0.717) is 5.88 Å². The van der Waals surface area contributed by atoms with E-state index in [1.807, 2.05) is 19.2 Å². The standard InChI is InChI=1S/C19H20N4O/c1-14-12-20-13-19(22-14)24-15-7-10-23(11-8-15)18-6-9-21-17-5-3-2-4-16(17)18/h2-6,9,12-13,15H,7-8,10-11H2,1H3. The van der Waals surface area contributed by atoms with Crippen LogP contribution in [-0.4, -0.2) is 34.1 Å². The number of piperidine rings is 1. The first-order valence-electron chi connectivity index (χ1n) is 8.33. The SMILES string of the molecule is Cc1cncc(OC2CCN(c3ccnc4ccccc34)CC2)n1. The molecule has 5 heteroatoms. The summed E-state index contributed by atoms with van der Waals surface area (Å²) in [6.07, 6.45) is 7.48. The van der Waals surface area contributed by atoms with Crippen LogP contribution in [0.3, 0.4) is 0 Å². The molecular weight excluding hydrogens is 300 g/mol. The number of para-hydroxylation sites is 1. The number of nitrogens with zero attached hydrogens (tertiary/aromatic N) is 4. The van der Waals surface area contributed by atoms with Crippen LogP contribution in [0.5, 0.6) is 5.88 Å². The zero-order chi connectivity index (χ0) is 16.4. The minimum Gasteiger partial charge on any atom is -0.473 e. The fourth-order valence-corrected chi connectivity index (χ4v) is 3.24. The van der Waals surface area contributed by atoms with E-state index in [4.69, 9.17) is 4.74 Å². The van der Waals surface area contributed by atoms with E-state index < -0.39 is 0 Å². The number of hydrogen-bond donors (Lipinski definition) is 0. The molecule has 1 aromatic carbocycles. The molecule has 2 aromatic heterocycles. The van der Waals surface area contributed by atoms with Crippen LogP contribution in [0, 0.1) is 6.92 Å². The summed E-state index contributed by atoms with van der Waals surface area (Å²) in [6.45, 7) is 3.87. The summed E-state index contributed by atoms with van der Waals surface area (Å²) in [4.78, 5) is 15.4. The number of aromatic nitrogens is 3. The van der Waals surface area contributed by atoms with Gasteiger partial charge in [-0.2, -0.15) is 0 Å². The van der Waals surface area contributed by atoms with Crippen molar-refractivity contribution in [3.05, 3.63) is 54.6 Å². The minimum atomic E-state index is 0.199. The van der Waals surface area contributed by atoms with Crippen LogP contribution >= 0.6 is 0 Å². The highest BCUT2D eigenvalue weighted by atomic mass is 16.5. The summed E-state index contributed by atoms with van der Waals surface area (Å²) in [5.41, 5.74) is 3.19. The largest absolute Gasteiger partial charge is 0.473 e. The maximum Gasteiger partial charge on any atom is 0.232 e. The Hall–Kier alpha value is -2.69. The molecule has 0 bridgehead atoms. The van der Waals surface area contributed by atoms with Crippen molar-refractivity contribution < 1.29 is 4.74 Å². The molecule has 0 aliphatic carbocycles. The second-order valence-corrected chi connectivity index (χ2v) is 6.15. The maximum atomic E-state index is 6.00. The highest BCUT2D eigenvalue weighted by Crippen LogP contribution is 2.28. The first kappa shape index (κ1) is 14.9. The molecule has 1 fully saturated rings. The van der Waals surface area contributed by atoms with E-state index >= 15 is 0 Å². The normalized spacial score (nSPS) is 15.6. The van der Waals surface area contributed by atoms with Crippen molar-refractivity contribution in [1.82, 2.24) is 15.0 Å². The van der Waals surface area contributed by atoms with Gasteiger partial charge in [-0.3, -0.25) is 9.97 Å². The lowest BCUT2D eigenvalue weighted by Gasteiger charge is -2.34. The number of ether oxygens (including phenoxy) is 1. The van der Waals surface area contributed by atoms with Crippen molar-refractivity contribution >= 4 is 16.6 Å². The van der Waals surface area contributed by atoms with Crippen molar-refractivity contribution in [3.63, 3.8) is 0 Å². The molecule has 4 rings (SSSR count). The number of benzene rings is 1. The summed E-state index contributed by atoms with van der Waals surface area (Å²) in [7, 11) is 0. The first-order valence-corrected chi connectivity index (χ1v) is 8.33. The Morgan fingerprint density at radius 1 is 1.08 bits per heavy atom. The molecule has 0 N–H and O–H groups in total. The lowest BCUT2D eigenvalue weighted by molar-refractivity contribution is 0.163. The Morgan fingerprint density at radius 3 is 2.75 bits per heavy atom. The van der Waals surface area contributed by atoms with E-state index in [9.17, 15) is 0 Å². The molecule has 0 saturated carbocycles. The fraction of sp³-hybridized carbons (Fsp3) is 0.316. The predicted octanol–water partition coefficient (Wildman–Crippen LogP) is 3.38. The van der Waals surface area contributed by atoms with Crippen molar-refractivity contribution in [3.8, 4) is 5.88 Å². The van der Waals surface area contributed by atoms with Gasteiger partial charge in [-0.1, -0.05) is 18.2 Å². The first-order chi connectivity index (χ1) is 11.8. The maximum absolute atomic E-state index is 6.00. The van der Waals surface area contributed by atoms with Gasteiger partial charge in [0.1, 0.15) is 6.10 Å². The van der Waals surface area contributed by atoms with Crippen LogP contribution in [0.25, 0.3) is 10.9 Å². The number of fused-ring (bicyclic) bond motifs is 1. The van der Waals surface area contributed by atoms with E-state index in [1.165, 1.54) is 11.1 Å². The van der Waals surface area contributed by atoms with E-state index in [2.05, 4.69) is 44.1 Å². The lowest BCUT2D eigenvalue weighted by Crippen LogP contribution is -2.38. The Labute approximate surface area is 141 Å². The van der Waals surface area contributed by atoms with Gasteiger partial charge in [0.25, 0.3) is 0 Å².